The Kier molecular flexibility index (Phi) is 4.40. The van der Waals surface area contributed by atoms with Gasteiger partial charge in [0, 0.05) is 18.1 Å². The summed E-state index contributed by atoms with van der Waals surface area (Å²) >= 11 is 11.8. The summed E-state index contributed by atoms with van der Waals surface area (Å²) in [7, 11) is 0. The lowest BCUT2D eigenvalue weighted by molar-refractivity contribution is 0.178. The molecular weight excluding hydrogens is 293 g/mol. The zero-order valence-electron chi connectivity index (χ0n) is 9.71. The van der Waals surface area contributed by atoms with Crippen LogP contribution < -0.4 is 0 Å². The van der Waals surface area contributed by atoms with E-state index < -0.39 is 17.7 Å². The minimum absolute atomic E-state index is 0.0503. The Morgan fingerprint density at radius 1 is 1.05 bits per heavy atom. The topological polar surface area (TPSA) is 20.2 Å². The number of hydrogen-bond acceptors (Lipinski definition) is 1. The van der Waals surface area contributed by atoms with Gasteiger partial charge in [-0.2, -0.15) is 0 Å². The Labute approximate surface area is 119 Å². The molecule has 0 aliphatic carbocycles. The second-order valence-corrected chi connectivity index (χ2v) is 4.93. The van der Waals surface area contributed by atoms with Gasteiger partial charge in [-0.1, -0.05) is 35.3 Å². The van der Waals surface area contributed by atoms with Crippen LogP contribution in [0.25, 0.3) is 0 Å². The molecule has 1 unspecified atom stereocenters. The van der Waals surface area contributed by atoms with Gasteiger partial charge in [-0.05, 0) is 23.8 Å². The molecule has 1 nitrogen and oxygen atoms in total. The summed E-state index contributed by atoms with van der Waals surface area (Å²) in [4.78, 5) is 0. The molecule has 2 aromatic carbocycles. The Balaban J connectivity index is 2.25. The van der Waals surface area contributed by atoms with E-state index in [4.69, 9.17) is 23.2 Å². The van der Waals surface area contributed by atoms with E-state index in [1.165, 1.54) is 12.1 Å². The number of hydrogen-bond donors (Lipinski definition) is 1. The molecular formula is C14H10Cl2F2O. The molecule has 0 aliphatic heterocycles. The van der Waals surface area contributed by atoms with Crippen molar-refractivity contribution in [1.29, 1.82) is 0 Å². The van der Waals surface area contributed by atoms with E-state index in [0.717, 1.165) is 6.07 Å². The predicted molar refractivity (Wildman–Crippen MR) is 71.5 cm³/mol. The van der Waals surface area contributed by atoms with E-state index in [9.17, 15) is 13.9 Å². The molecule has 0 amide bonds. The molecule has 0 spiro atoms. The van der Waals surface area contributed by atoms with E-state index in [0.29, 0.717) is 16.1 Å². The fourth-order valence-corrected chi connectivity index (χ4v) is 2.27. The van der Waals surface area contributed by atoms with Crippen molar-refractivity contribution in [3.8, 4) is 0 Å². The molecule has 0 aromatic heterocycles. The molecule has 0 saturated heterocycles. The minimum Gasteiger partial charge on any atom is -0.388 e. The van der Waals surface area contributed by atoms with E-state index in [-0.39, 0.29) is 11.4 Å². The van der Waals surface area contributed by atoms with Gasteiger partial charge < -0.3 is 5.11 Å². The van der Waals surface area contributed by atoms with Gasteiger partial charge in [0.1, 0.15) is 11.6 Å². The largest absolute Gasteiger partial charge is 0.388 e. The first-order chi connectivity index (χ1) is 8.97. The fourth-order valence-electron chi connectivity index (χ4n) is 1.84. The quantitative estimate of drug-likeness (QED) is 0.882. The molecule has 0 bridgehead atoms. The average Bonchev–Trinajstić information content (AvgIpc) is 2.31. The summed E-state index contributed by atoms with van der Waals surface area (Å²) in [5.74, 6) is -1.36. The van der Waals surface area contributed by atoms with Crippen molar-refractivity contribution in [3.05, 3.63) is 69.2 Å². The van der Waals surface area contributed by atoms with E-state index in [1.54, 1.807) is 18.2 Å². The van der Waals surface area contributed by atoms with Crippen molar-refractivity contribution in [3.63, 3.8) is 0 Å². The van der Waals surface area contributed by atoms with Crippen molar-refractivity contribution in [1.82, 2.24) is 0 Å². The van der Waals surface area contributed by atoms with Crippen LogP contribution in [-0.4, -0.2) is 5.11 Å². The van der Waals surface area contributed by atoms with Crippen molar-refractivity contribution < 1.29 is 13.9 Å². The second-order valence-electron chi connectivity index (χ2n) is 4.14. The van der Waals surface area contributed by atoms with Crippen LogP contribution in [0.4, 0.5) is 8.78 Å². The molecule has 0 fully saturated rings. The van der Waals surface area contributed by atoms with Gasteiger partial charge in [0.05, 0.1) is 16.1 Å². The van der Waals surface area contributed by atoms with Gasteiger partial charge in [-0.15, -0.1) is 0 Å². The van der Waals surface area contributed by atoms with Crippen molar-refractivity contribution >= 4 is 23.2 Å². The highest BCUT2D eigenvalue weighted by Crippen LogP contribution is 2.31. The number of aliphatic hydroxyl groups is 1. The number of benzene rings is 2. The minimum atomic E-state index is -0.979. The predicted octanol–water partition coefficient (Wildman–Crippen LogP) is 4.55. The SMILES string of the molecule is OC(Cc1cc(F)cc(F)c1)c1cccc(Cl)c1Cl. The molecule has 0 aliphatic rings. The number of rotatable bonds is 3. The van der Waals surface area contributed by atoms with Crippen LogP contribution in [-0.2, 0) is 6.42 Å². The zero-order chi connectivity index (χ0) is 14.0. The lowest BCUT2D eigenvalue weighted by Gasteiger charge is -2.13. The lowest BCUT2D eigenvalue weighted by atomic mass is 10.0. The molecule has 0 radical (unpaired) electrons. The fraction of sp³-hybridized carbons (Fsp3) is 0.143. The standard InChI is InChI=1S/C14H10Cl2F2O/c15-12-3-1-2-11(14(12)16)13(19)6-8-4-9(17)7-10(18)5-8/h1-5,7,13,19H,6H2. The van der Waals surface area contributed by atoms with Crippen LogP contribution in [0.15, 0.2) is 36.4 Å². The Bertz CT molecular complexity index is 582. The number of aliphatic hydroxyl groups excluding tert-OH is 1. The summed E-state index contributed by atoms with van der Waals surface area (Å²) in [6, 6.07) is 7.99. The highest BCUT2D eigenvalue weighted by atomic mass is 35.5. The molecule has 100 valence electrons. The van der Waals surface area contributed by atoms with Crippen molar-refractivity contribution in [2.75, 3.05) is 0 Å². The van der Waals surface area contributed by atoms with Crippen LogP contribution >= 0.6 is 23.2 Å². The molecule has 19 heavy (non-hydrogen) atoms. The van der Waals surface area contributed by atoms with Gasteiger partial charge in [0.15, 0.2) is 0 Å². The Morgan fingerprint density at radius 3 is 2.32 bits per heavy atom. The number of halogens is 4. The maximum atomic E-state index is 13.1. The first-order valence-electron chi connectivity index (χ1n) is 5.54. The summed E-state index contributed by atoms with van der Waals surface area (Å²) in [6.45, 7) is 0. The Hall–Kier alpha value is -1.16. The third-order valence-electron chi connectivity index (χ3n) is 2.69. The summed E-state index contributed by atoms with van der Waals surface area (Å²) in [5, 5.41) is 10.6. The Morgan fingerprint density at radius 2 is 1.68 bits per heavy atom. The summed E-state index contributed by atoms with van der Waals surface area (Å²) in [6.07, 6.45) is -0.929. The molecule has 5 heteroatoms. The van der Waals surface area contributed by atoms with Gasteiger partial charge in [0.2, 0.25) is 0 Å². The van der Waals surface area contributed by atoms with Crippen molar-refractivity contribution in [2.45, 2.75) is 12.5 Å². The zero-order valence-corrected chi connectivity index (χ0v) is 11.2. The van der Waals surface area contributed by atoms with Crippen LogP contribution in [0.1, 0.15) is 17.2 Å². The van der Waals surface area contributed by atoms with E-state index >= 15 is 0 Å². The first-order valence-corrected chi connectivity index (χ1v) is 6.30. The van der Waals surface area contributed by atoms with Crippen molar-refractivity contribution in [2.24, 2.45) is 0 Å². The average molecular weight is 303 g/mol. The van der Waals surface area contributed by atoms with Crippen LogP contribution in [0, 0.1) is 11.6 Å². The summed E-state index contributed by atoms with van der Waals surface area (Å²) < 4.78 is 26.1. The molecule has 2 aromatic rings. The summed E-state index contributed by atoms with van der Waals surface area (Å²) in [5.41, 5.74) is 0.778. The molecule has 0 saturated carbocycles. The van der Waals surface area contributed by atoms with Crippen LogP contribution in [0.5, 0.6) is 0 Å². The van der Waals surface area contributed by atoms with E-state index in [1.807, 2.05) is 0 Å². The monoisotopic (exact) mass is 302 g/mol. The molecule has 0 heterocycles. The third kappa shape index (κ3) is 3.44. The first kappa shape index (κ1) is 14.3. The van der Waals surface area contributed by atoms with Gasteiger partial charge in [-0.25, -0.2) is 8.78 Å². The maximum absolute atomic E-state index is 13.1. The lowest BCUT2D eigenvalue weighted by Crippen LogP contribution is -2.03. The van der Waals surface area contributed by atoms with Gasteiger partial charge >= 0.3 is 0 Å². The smallest absolute Gasteiger partial charge is 0.126 e. The molecule has 1 N–H and O–H groups in total. The van der Waals surface area contributed by atoms with E-state index in [2.05, 4.69) is 0 Å². The molecule has 2 rings (SSSR count). The van der Waals surface area contributed by atoms with Gasteiger partial charge in [-0.3, -0.25) is 0 Å². The highest BCUT2D eigenvalue weighted by molar-refractivity contribution is 6.42. The third-order valence-corrected chi connectivity index (χ3v) is 3.53. The van der Waals surface area contributed by atoms with Crippen LogP contribution in [0.3, 0.4) is 0 Å². The van der Waals surface area contributed by atoms with Crippen LogP contribution in [0.2, 0.25) is 10.0 Å². The highest BCUT2D eigenvalue weighted by Gasteiger charge is 2.15. The maximum Gasteiger partial charge on any atom is 0.126 e. The van der Waals surface area contributed by atoms with Gasteiger partial charge in [0.25, 0.3) is 0 Å². The molecule has 1 atom stereocenters. The second kappa shape index (κ2) is 5.87. The normalized spacial score (nSPS) is 12.5.